The minimum atomic E-state index is 0.162. The molecule has 1 nitrogen and oxygen atoms in total. The van der Waals surface area contributed by atoms with Gasteiger partial charge in [-0.1, -0.05) is 61.9 Å². The van der Waals surface area contributed by atoms with Crippen LogP contribution in [0.15, 0.2) is 48.5 Å². The highest BCUT2D eigenvalue weighted by atomic mass is 14.7. The Morgan fingerprint density at radius 3 is 2.71 bits per heavy atom. The minimum Gasteiger partial charge on any atom is -0.324 e. The molecule has 1 heteroatoms. The first-order valence-electron chi connectivity index (χ1n) is 8.19. The molecule has 0 amide bonds. The van der Waals surface area contributed by atoms with Gasteiger partial charge in [-0.3, -0.25) is 0 Å². The number of benzene rings is 2. The van der Waals surface area contributed by atoms with Crippen LogP contribution in [-0.4, -0.2) is 0 Å². The smallest absolute Gasteiger partial charge is 0.0326 e. The van der Waals surface area contributed by atoms with E-state index in [1.165, 1.54) is 41.5 Å². The van der Waals surface area contributed by atoms with Crippen LogP contribution in [0.25, 0.3) is 0 Å². The molecule has 1 aliphatic carbocycles. The SMILES string of the molecule is CCCc1cccc(C(N)C2CCc3ccccc3C2)c1. The molecule has 2 unspecified atom stereocenters. The van der Waals surface area contributed by atoms with Crippen LogP contribution in [-0.2, 0) is 19.3 Å². The van der Waals surface area contributed by atoms with Gasteiger partial charge in [-0.25, -0.2) is 0 Å². The summed E-state index contributed by atoms with van der Waals surface area (Å²) in [5.41, 5.74) is 12.3. The molecule has 110 valence electrons. The van der Waals surface area contributed by atoms with E-state index < -0.39 is 0 Å². The third kappa shape index (κ3) is 3.19. The number of fused-ring (bicyclic) bond motifs is 1. The van der Waals surface area contributed by atoms with Crippen molar-refractivity contribution in [3.63, 3.8) is 0 Å². The molecule has 21 heavy (non-hydrogen) atoms. The van der Waals surface area contributed by atoms with E-state index in [0.29, 0.717) is 5.92 Å². The van der Waals surface area contributed by atoms with Crippen molar-refractivity contribution in [3.05, 3.63) is 70.8 Å². The highest BCUT2D eigenvalue weighted by molar-refractivity contribution is 5.32. The lowest BCUT2D eigenvalue weighted by Crippen LogP contribution is -2.27. The summed E-state index contributed by atoms with van der Waals surface area (Å²) in [6.07, 6.45) is 5.83. The fraction of sp³-hybridized carbons (Fsp3) is 0.400. The minimum absolute atomic E-state index is 0.162. The molecule has 1 aliphatic rings. The van der Waals surface area contributed by atoms with Gasteiger partial charge >= 0.3 is 0 Å². The molecule has 0 saturated carbocycles. The molecule has 3 rings (SSSR count). The maximum atomic E-state index is 6.59. The predicted molar refractivity (Wildman–Crippen MR) is 89.3 cm³/mol. The summed E-state index contributed by atoms with van der Waals surface area (Å²) in [6.45, 7) is 2.23. The fourth-order valence-electron chi connectivity index (χ4n) is 3.55. The Bertz CT molecular complexity index is 602. The van der Waals surface area contributed by atoms with Gasteiger partial charge in [0, 0.05) is 6.04 Å². The lowest BCUT2D eigenvalue weighted by atomic mass is 9.78. The van der Waals surface area contributed by atoms with Gasteiger partial charge in [0.1, 0.15) is 0 Å². The van der Waals surface area contributed by atoms with Crippen molar-refractivity contribution in [1.29, 1.82) is 0 Å². The zero-order valence-electron chi connectivity index (χ0n) is 12.9. The van der Waals surface area contributed by atoms with Gasteiger partial charge in [0.2, 0.25) is 0 Å². The third-order valence-corrected chi connectivity index (χ3v) is 4.77. The molecule has 0 spiro atoms. The Labute approximate surface area is 128 Å². The number of hydrogen-bond acceptors (Lipinski definition) is 1. The molecule has 0 bridgehead atoms. The summed E-state index contributed by atoms with van der Waals surface area (Å²) in [7, 11) is 0. The third-order valence-electron chi connectivity index (χ3n) is 4.77. The Morgan fingerprint density at radius 2 is 1.90 bits per heavy atom. The van der Waals surface area contributed by atoms with Crippen LogP contribution >= 0.6 is 0 Å². The molecule has 0 fully saturated rings. The van der Waals surface area contributed by atoms with E-state index in [-0.39, 0.29) is 6.04 Å². The Kier molecular flexibility index (Phi) is 4.40. The maximum Gasteiger partial charge on any atom is 0.0326 e. The highest BCUT2D eigenvalue weighted by Gasteiger charge is 2.24. The van der Waals surface area contributed by atoms with Crippen LogP contribution in [0.5, 0.6) is 0 Å². The normalized spacial score (nSPS) is 19.0. The van der Waals surface area contributed by atoms with E-state index in [9.17, 15) is 0 Å². The zero-order valence-corrected chi connectivity index (χ0v) is 12.9. The number of nitrogens with two attached hydrogens (primary N) is 1. The van der Waals surface area contributed by atoms with Gasteiger partial charge in [-0.2, -0.15) is 0 Å². The number of aryl methyl sites for hydroxylation is 2. The maximum absolute atomic E-state index is 6.59. The second kappa shape index (κ2) is 6.44. The van der Waals surface area contributed by atoms with E-state index in [1.807, 2.05) is 0 Å². The van der Waals surface area contributed by atoms with Crippen molar-refractivity contribution in [1.82, 2.24) is 0 Å². The number of hydrogen-bond donors (Lipinski definition) is 1. The molecule has 0 heterocycles. The van der Waals surface area contributed by atoms with E-state index in [0.717, 1.165) is 12.8 Å². The second-order valence-corrected chi connectivity index (χ2v) is 6.29. The second-order valence-electron chi connectivity index (χ2n) is 6.29. The standard InChI is InChI=1S/C20H25N/c1-2-6-15-7-5-10-18(13-15)20(21)19-12-11-16-8-3-4-9-17(16)14-19/h3-5,7-10,13,19-20H,2,6,11-12,14,21H2,1H3. The zero-order chi connectivity index (χ0) is 14.7. The van der Waals surface area contributed by atoms with Crippen molar-refractivity contribution < 1.29 is 0 Å². The molecular formula is C20H25N. The van der Waals surface area contributed by atoms with Crippen LogP contribution in [0.3, 0.4) is 0 Å². The van der Waals surface area contributed by atoms with E-state index in [4.69, 9.17) is 5.73 Å². The first-order valence-corrected chi connectivity index (χ1v) is 8.19. The lowest BCUT2D eigenvalue weighted by Gasteiger charge is -2.29. The molecule has 0 radical (unpaired) electrons. The average molecular weight is 279 g/mol. The monoisotopic (exact) mass is 279 g/mol. The largest absolute Gasteiger partial charge is 0.324 e. The van der Waals surface area contributed by atoms with Gasteiger partial charge in [0.15, 0.2) is 0 Å². The van der Waals surface area contributed by atoms with Gasteiger partial charge in [0.05, 0.1) is 0 Å². The molecule has 2 aromatic carbocycles. The van der Waals surface area contributed by atoms with Gasteiger partial charge in [-0.15, -0.1) is 0 Å². The quantitative estimate of drug-likeness (QED) is 0.879. The Hall–Kier alpha value is -1.60. The predicted octanol–water partition coefficient (Wildman–Crippen LogP) is 4.44. The molecule has 2 N–H and O–H groups in total. The van der Waals surface area contributed by atoms with Crippen molar-refractivity contribution in [2.45, 2.75) is 45.1 Å². The van der Waals surface area contributed by atoms with Crippen LogP contribution in [0.4, 0.5) is 0 Å². The van der Waals surface area contributed by atoms with Crippen LogP contribution < -0.4 is 5.73 Å². The van der Waals surface area contributed by atoms with Crippen LogP contribution in [0.2, 0.25) is 0 Å². The highest BCUT2D eigenvalue weighted by Crippen LogP contribution is 2.33. The molecule has 0 saturated heterocycles. The fourth-order valence-corrected chi connectivity index (χ4v) is 3.55. The topological polar surface area (TPSA) is 26.0 Å². The van der Waals surface area contributed by atoms with Crippen molar-refractivity contribution in [2.24, 2.45) is 11.7 Å². The molecule has 2 atom stereocenters. The molecule has 2 aromatic rings. The Morgan fingerprint density at radius 1 is 1.10 bits per heavy atom. The average Bonchev–Trinajstić information content (AvgIpc) is 2.54. The molecule has 0 aromatic heterocycles. The number of rotatable bonds is 4. The van der Waals surface area contributed by atoms with Gasteiger partial charge < -0.3 is 5.73 Å². The van der Waals surface area contributed by atoms with Crippen LogP contribution in [0, 0.1) is 5.92 Å². The lowest BCUT2D eigenvalue weighted by molar-refractivity contribution is 0.382. The molecular weight excluding hydrogens is 254 g/mol. The van der Waals surface area contributed by atoms with E-state index >= 15 is 0 Å². The molecule has 0 aliphatic heterocycles. The summed E-state index contributed by atoms with van der Waals surface area (Å²) in [5.74, 6) is 0.566. The summed E-state index contributed by atoms with van der Waals surface area (Å²) < 4.78 is 0. The first kappa shape index (κ1) is 14.3. The first-order chi connectivity index (χ1) is 10.3. The van der Waals surface area contributed by atoms with E-state index in [2.05, 4.69) is 55.5 Å². The Balaban J connectivity index is 1.77. The van der Waals surface area contributed by atoms with Gasteiger partial charge in [0.25, 0.3) is 0 Å². The van der Waals surface area contributed by atoms with Crippen molar-refractivity contribution in [3.8, 4) is 0 Å². The summed E-state index contributed by atoms with van der Waals surface area (Å²) in [6, 6.07) is 17.9. The van der Waals surface area contributed by atoms with Crippen molar-refractivity contribution >= 4 is 0 Å². The summed E-state index contributed by atoms with van der Waals surface area (Å²) >= 11 is 0. The summed E-state index contributed by atoms with van der Waals surface area (Å²) in [5, 5.41) is 0. The van der Waals surface area contributed by atoms with Gasteiger partial charge in [-0.05, 0) is 53.9 Å². The van der Waals surface area contributed by atoms with E-state index in [1.54, 1.807) is 0 Å². The summed E-state index contributed by atoms with van der Waals surface area (Å²) in [4.78, 5) is 0. The van der Waals surface area contributed by atoms with Crippen LogP contribution in [0.1, 0.15) is 48.1 Å². The van der Waals surface area contributed by atoms with Crippen molar-refractivity contribution in [2.75, 3.05) is 0 Å².